The van der Waals surface area contributed by atoms with Gasteiger partial charge < -0.3 is 10.6 Å². The van der Waals surface area contributed by atoms with Crippen molar-refractivity contribution in [3.05, 3.63) is 42.7 Å². The lowest BCUT2D eigenvalue weighted by Crippen LogP contribution is -2.33. The number of sulfone groups is 1. The van der Waals surface area contributed by atoms with Crippen LogP contribution in [0.3, 0.4) is 0 Å². The third-order valence-electron chi connectivity index (χ3n) is 3.19. The Morgan fingerprint density at radius 1 is 1.35 bits per heavy atom. The molecule has 0 aliphatic rings. The summed E-state index contributed by atoms with van der Waals surface area (Å²) >= 11 is 0. The van der Waals surface area contributed by atoms with E-state index < -0.39 is 9.84 Å². The molecule has 1 heterocycles. The quantitative estimate of drug-likeness (QED) is 0.840. The molecule has 0 saturated heterocycles. The van der Waals surface area contributed by atoms with Gasteiger partial charge in [0.2, 0.25) is 0 Å². The Balaban J connectivity index is 1.85. The first-order chi connectivity index (χ1) is 10.8. The Hall–Kier alpha value is -2.35. The number of nitrogens with zero attached hydrogens (tertiary/aromatic N) is 2. The number of carbonyl (C=O) groups excluding carboxylic acids is 1. The Labute approximate surface area is 135 Å². The zero-order chi connectivity index (χ0) is 16.9. The summed E-state index contributed by atoms with van der Waals surface area (Å²) < 4.78 is 24.8. The van der Waals surface area contributed by atoms with Gasteiger partial charge in [-0.15, -0.1) is 0 Å². The highest BCUT2D eigenvalue weighted by Crippen LogP contribution is 2.15. The number of amides is 2. The van der Waals surface area contributed by atoms with Crippen LogP contribution in [0, 0.1) is 5.92 Å². The summed E-state index contributed by atoms with van der Waals surface area (Å²) in [6.07, 6.45) is 4.71. The zero-order valence-electron chi connectivity index (χ0n) is 13.1. The molecule has 0 fully saturated rings. The SMILES string of the molecule is CC(CNC(=O)Nc1cccc(S(C)(=O)=O)c1)Cn1cccn1. The number of hydrogen-bond acceptors (Lipinski definition) is 4. The zero-order valence-corrected chi connectivity index (χ0v) is 13.9. The largest absolute Gasteiger partial charge is 0.338 e. The highest BCUT2D eigenvalue weighted by atomic mass is 32.2. The lowest BCUT2D eigenvalue weighted by Gasteiger charge is -2.13. The second kappa shape index (κ2) is 7.28. The summed E-state index contributed by atoms with van der Waals surface area (Å²) in [5.74, 6) is 0.211. The van der Waals surface area contributed by atoms with Crippen molar-refractivity contribution < 1.29 is 13.2 Å². The molecule has 0 aliphatic heterocycles. The minimum atomic E-state index is -3.30. The summed E-state index contributed by atoms with van der Waals surface area (Å²) in [5.41, 5.74) is 0.435. The van der Waals surface area contributed by atoms with Crippen molar-refractivity contribution in [3.8, 4) is 0 Å². The molecule has 1 aromatic carbocycles. The molecule has 0 radical (unpaired) electrons. The highest BCUT2D eigenvalue weighted by Gasteiger charge is 2.10. The summed E-state index contributed by atoms with van der Waals surface area (Å²) in [6, 6.07) is 7.63. The van der Waals surface area contributed by atoms with Gasteiger partial charge in [0.05, 0.1) is 4.90 Å². The van der Waals surface area contributed by atoms with Crippen LogP contribution >= 0.6 is 0 Å². The van der Waals surface area contributed by atoms with E-state index in [1.54, 1.807) is 23.0 Å². The van der Waals surface area contributed by atoms with Gasteiger partial charge in [0.15, 0.2) is 9.84 Å². The Morgan fingerprint density at radius 2 is 2.13 bits per heavy atom. The monoisotopic (exact) mass is 336 g/mol. The molecular weight excluding hydrogens is 316 g/mol. The van der Waals surface area contributed by atoms with Gasteiger partial charge in [-0.3, -0.25) is 4.68 Å². The molecule has 1 unspecified atom stereocenters. The first kappa shape index (κ1) is 17.0. The van der Waals surface area contributed by atoms with Crippen molar-refractivity contribution in [1.29, 1.82) is 0 Å². The fraction of sp³-hybridized carbons (Fsp3) is 0.333. The topological polar surface area (TPSA) is 93.1 Å². The number of rotatable bonds is 6. The summed E-state index contributed by atoms with van der Waals surface area (Å²) in [5, 5.41) is 9.51. The molecule has 2 rings (SSSR count). The van der Waals surface area contributed by atoms with Crippen molar-refractivity contribution in [2.24, 2.45) is 5.92 Å². The second-order valence-corrected chi connectivity index (χ2v) is 7.48. The Bertz CT molecular complexity index is 757. The molecule has 0 bridgehead atoms. The number of urea groups is 1. The van der Waals surface area contributed by atoms with Gasteiger partial charge in [-0.25, -0.2) is 13.2 Å². The molecule has 2 amide bonds. The number of nitrogens with one attached hydrogen (secondary N) is 2. The molecule has 0 saturated carbocycles. The first-order valence-electron chi connectivity index (χ1n) is 7.17. The van der Waals surface area contributed by atoms with Crippen LogP contribution in [0.4, 0.5) is 10.5 Å². The van der Waals surface area contributed by atoms with Crippen LogP contribution in [0.15, 0.2) is 47.6 Å². The molecule has 2 aromatic rings. The molecule has 0 aliphatic carbocycles. The Morgan fingerprint density at radius 3 is 2.78 bits per heavy atom. The molecule has 1 aromatic heterocycles. The predicted molar refractivity (Wildman–Crippen MR) is 88.0 cm³/mol. The van der Waals surface area contributed by atoms with Crippen LogP contribution < -0.4 is 10.6 Å². The van der Waals surface area contributed by atoms with Crippen molar-refractivity contribution >= 4 is 21.6 Å². The molecule has 2 N–H and O–H groups in total. The van der Waals surface area contributed by atoms with Crippen LogP contribution in [-0.2, 0) is 16.4 Å². The predicted octanol–water partition coefficient (Wildman–Crippen LogP) is 1.74. The molecular formula is C15H20N4O3S. The average molecular weight is 336 g/mol. The fourth-order valence-electron chi connectivity index (χ4n) is 2.04. The van der Waals surface area contributed by atoms with Crippen LogP contribution in [0.5, 0.6) is 0 Å². The van der Waals surface area contributed by atoms with E-state index in [1.165, 1.54) is 12.1 Å². The van der Waals surface area contributed by atoms with Gasteiger partial charge in [-0.1, -0.05) is 13.0 Å². The normalized spacial score (nSPS) is 12.6. The lowest BCUT2D eigenvalue weighted by atomic mass is 10.2. The Kier molecular flexibility index (Phi) is 5.38. The van der Waals surface area contributed by atoms with Crippen LogP contribution in [0.2, 0.25) is 0 Å². The van der Waals surface area contributed by atoms with Gasteiger partial charge in [0.1, 0.15) is 0 Å². The number of hydrogen-bond donors (Lipinski definition) is 2. The van der Waals surface area contributed by atoms with Gasteiger partial charge in [0.25, 0.3) is 0 Å². The smallest absolute Gasteiger partial charge is 0.319 e. The average Bonchev–Trinajstić information content (AvgIpc) is 2.97. The second-order valence-electron chi connectivity index (χ2n) is 5.47. The van der Waals surface area contributed by atoms with Crippen molar-refractivity contribution in [2.75, 3.05) is 18.1 Å². The van der Waals surface area contributed by atoms with Gasteiger partial charge >= 0.3 is 6.03 Å². The van der Waals surface area contributed by atoms with Crippen LogP contribution in [-0.4, -0.2) is 37.0 Å². The van der Waals surface area contributed by atoms with Crippen molar-refractivity contribution in [1.82, 2.24) is 15.1 Å². The number of benzene rings is 1. The summed E-state index contributed by atoms with van der Waals surface area (Å²) in [6.45, 7) is 3.19. The summed E-state index contributed by atoms with van der Waals surface area (Å²) in [4.78, 5) is 12.1. The summed E-state index contributed by atoms with van der Waals surface area (Å²) in [7, 11) is -3.30. The number of aromatic nitrogens is 2. The maximum Gasteiger partial charge on any atom is 0.319 e. The van der Waals surface area contributed by atoms with Gasteiger partial charge in [0, 0.05) is 37.4 Å². The van der Waals surface area contributed by atoms with Crippen LogP contribution in [0.25, 0.3) is 0 Å². The highest BCUT2D eigenvalue weighted by molar-refractivity contribution is 7.90. The van der Waals surface area contributed by atoms with E-state index in [9.17, 15) is 13.2 Å². The van der Waals surface area contributed by atoms with Crippen molar-refractivity contribution in [3.63, 3.8) is 0 Å². The van der Waals surface area contributed by atoms with E-state index in [2.05, 4.69) is 15.7 Å². The minimum absolute atomic E-state index is 0.169. The van der Waals surface area contributed by atoms with Crippen molar-refractivity contribution in [2.45, 2.75) is 18.4 Å². The molecule has 124 valence electrons. The molecule has 0 spiro atoms. The maximum absolute atomic E-state index is 11.9. The number of anilines is 1. The lowest BCUT2D eigenvalue weighted by molar-refractivity contribution is 0.249. The molecule has 1 atom stereocenters. The van der Waals surface area contributed by atoms with E-state index in [0.717, 1.165) is 6.26 Å². The molecule has 23 heavy (non-hydrogen) atoms. The van der Waals surface area contributed by atoms with Gasteiger partial charge in [-0.2, -0.15) is 5.10 Å². The maximum atomic E-state index is 11.9. The van der Waals surface area contributed by atoms with E-state index >= 15 is 0 Å². The fourth-order valence-corrected chi connectivity index (χ4v) is 2.71. The first-order valence-corrected chi connectivity index (χ1v) is 9.06. The van der Waals surface area contributed by atoms with Crippen LogP contribution in [0.1, 0.15) is 6.92 Å². The van der Waals surface area contributed by atoms with E-state index in [-0.39, 0.29) is 16.8 Å². The third-order valence-corrected chi connectivity index (χ3v) is 4.30. The van der Waals surface area contributed by atoms with E-state index in [4.69, 9.17) is 0 Å². The standard InChI is InChI=1S/C15H20N4O3S/c1-12(11-19-8-4-7-17-19)10-16-15(20)18-13-5-3-6-14(9-13)23(2,21)22/h3-9,12H,10-11H2,1-2H3,(H2,16,18,20). The molecule has 7 nitrogen and oxygen atoms in total. The van der Waals surface area contributed by atoms with E-state index in [1.807, 2.05) is 19.2 Å². The third kappa shape index (κ3) is 5.41. The van der Waals surface area contributed by atoms with Gasteiger partial charge in [-0.05, 0) is 30.2 Å². The molecule has 8 heteroatoms. The number of carbonyl (C=O) groups is 1. The minimum Gasteiger partial charge on any atom is -0.338 e. The van der Waals surface area contributed by atoms with E-state index in [0.29, 0.717) is 18.8 Å².